The van der Waals surface area contributed by atoms with E-state index in [2.05, 4.69) is 45.9 Å². The van der Waals surface area contributed by atoms with Crippen molar-refractivity contribution in [1.29, 1.82) is 0 Å². The maximum absolute atomic E-state index is 10.8. The lowest BCUT2D eigenvalue weighted by atomic mass is 9.77. The molecular formula is C21H38O3. The maximum Gasteiger partial charge on any atom is 0.308 e. The number of aliphatic hydroxyl groups is 1. The summed E-state index contributed by atoms with van der Waals surface area (Å²) in [7, 11) is 0. The second-order valence-corrected chi connectivity index (χ2v) is 7.50. The van der Waals surface area contributed by atoms with Gasteiger partial charge in [-0.2, -0.15) is 0 Å². The molecule has 4 unspecified atom stereocenters. The highest BCUT2D eigenvalue weighted by Crippen LogP contribution is 2.43. The van der Waals surface area contributed by atoms with Gasteiger partial charge in [0.25, 0.3) is 0 Å². The van der Waals surface area contributed by atoms with Gasteiger partial charge in [0.1, 0.15) is 0 Å². The van der Waals surface area contributed by atoms with E-state index in [9.17, 15) is 9.90 Å². The number of rotatable bonds is 6. The number of aliphatic hydroxyl groups excluding tert-OH is 1. The molecule has 3 nitrogen and oxygen atoms in total. The number of ether oxygens (including phenoxy) is 1. The first-order valence-corrected chi connectivity index (χ1v) is 9.28. The van der Waals surface area contributed by atoms with E-state index in [0.717, 1.165) is 12.8 Å². The van der Waals surface area contributed by atoms with Gasteiger partial charge >= 0.3 is 5.97 Å². The largest absolute Gasteiger partial charge is 0.466 e. The Morgan fingerprint density at radius 1 is 1.38 bits per heavy atom. The Hall–Kier alpha value is -1.09. The second kappa shape index (κ2) is 10.7. The van der Waals surface area contributed by atoms with Crippen LogP contribution >= 0.6 is 0 Å². The molecule has 24 heavy (non-hydrogen) atoms. The average Bonchev–Trinajstić information content (AvgIpc) is 2.78. The SMILES string of the molecule is CC1=CCC(/C=C\C(C)C(C)O)C1(C)C.CCOC(=O)C(C)CC. The van der Waals surface area contributed by atoms with E-state index in [1.807, 2.05) is 27.7 Å². The molecule has 0 aliphatic heterocycles. The molecule has 0 saturated heterocycles. The van der Waals surface area contributed by atoms with Crippen LogP contribution in [-0.4, -0.2) is 23.8 Å². The standard InChI is InChI=1S/C14H24O.C7H14O2/c1-10(12(3)15)6-8-13-9-7-11(2)14(13,4)5;1-4-6(3)7(8)9-5-2/h6-8,10,12-13,15H,9H2,1-5H3;6H,4-5H2,1-3H3/b8-6-;. The number of carbonyl (C=O) groups is 1. The van der Waals surface area contributed by atoms with Gasteiger partial charge < -0.3 is 9.84 Å². The fourth-order valence-corrected chi connectivity index (χ4v) is 2.39. The summed E-state index contributed by atoms with van der Waals surface area (Å²) >= 11 is 0. The van der Waals surface area contributed by atoms with Crippen LogP contribution in [0.15, 0.2) is 23.8 Å². The van der Waals surface area contributed by atoms with Crippen LogP contribution in [0.25, 0.3) is 0 Å². The summed E-state index contributed by atoms with van der Waals surface area (Å²) in [4.78, 5) is 10.8. The summed E-state index contributed by atoms with van der Waals surface area (Å²) in [6.45, 7) is 16.9. The van der Waals surface area contributed by atoms with Gasteiger partial charge in [0.15, 0.2) is 0 Å². The highest BCUT2D eigenvalue weighted by Gasteiger charge is 2.32. The highest BCUT2D eigenvalue weighted by molar-refractivity contribution is 5.71. The van der Waals surface area contributed by atoms with Crippen LogP contribution in [0.3, 0.4) is 0 Å². The number of allylic oxidation sites excluding steroid dienone is 3. The van der Waals surface area contributed by atoms with Gasteiger partial charge in [0.2, 0.25) is 0 Å². The van der Waals surface area contributed by atoms with Crippen molar-refractivity contribution in [3.63, 3.8) is 0 Å². The van der Waals surface area contributed by atoms with E-state index in [1.54, 1.807) is 0 Å². The molecule has 0 heterocycles. The predicted octanol–water partition coefficient (Wildman–Crippen LogP) is 5.15. The Morgan fingerprint density at radius 2 is 1.96 bits per heavy atom. The van der Waals surface area contributed by atoms with Crippen LogP contribution in [0.5, 0.6) is 0 Å². The lowest BCUT2D eigenvalue weighted by molar-refractivity contribution is -0.147. The molecule has 0 aromatic carbocycles. The molecule has 140 valence electrons. The fraction of sp³-hybridized carbons (Fsp3) is 0.762. The minimum Gasteiger partial charge on any atom is -0.466 e. The Labute approximate surface area is 149 Å². The van der Waals surface area contributed by atoms with E-state index in [0.29, 0.717) is 12.5 Å². The van der Waals surface area contributed by atoms with Crippen molar-refractivity contribution in [2.45, 2.75) is 74.3 Å². The van der Waals surface area contributed by atoms with Crippen molar-refractivity contribution < 1.29 is 14.6 Å². The zero-order valence-corrected chi connectivity index (χ0v) is 16.9. The van der Waals surface area contributed by atoms with Gasteiger partial charge in [-0.1, -0.05) is 58.4 Å². The van der Waals surface area contributed by atoms with Gasteiger partial charge in [-0.05, 0) is 50.9 Å². The van der Waals surface area contributed by atoms with Crippen molar-refractivity contribution in [2.75, 3.05) is 6.61 Å². The molecule has 0 aromatic rings. The lowest BCUT2D eigenvalue weighted by Crippen LogP contribution is -2.19. The van der Waals surface area contributed by atoms with E-state index in [-0.39, 0.29) is 29.3 Å². The first-order chi connectivity index (χ1) is 11.1. The van der Waals surface area contributed by atoms with Crippen molar-refractivity contribution in [3.05, 3.63) is 23.8 Å². The van der Waals surface area contributed by atoms with Gasteiger partial charge in [-0.25, -0.2) is 0 Å². The second-order valence-electron chi connectivity index (χ2n) is 7.50. The molecular weight excluding hydrogens is 300 g/mol. The van der Waals surface area contributed by atoms with Gasteiger partial charge in [0.05, 0.1) is 18.6 Å². The minimum absolute atomic E-state index is 0.0601. The smallest absolute Gasteiger partial charge is 0.308 e. The molecule has 4 atom stereocenters. The molecule has 1 aliphatic rings. The fourth-order valence-electron chi connectivity index (χ4n) is 2.39. The Morgan fingerprint density at radius 3 is 2.33 bits per heavy atom. The van der Waals surface area contributed by atoms with E-state index in [1.165, 1.54) is 5.57 Å². The van der Waals surface area contributed by atoms with Crippen LogP contribution in [0.1, 0.15) is 68.2 Å². The number of carbonyl (C=O) groups excluding carboxylic acids is 1. The molecule has 0 aromatic heterocycles. The van der Waals surface area contributed by atoms with Crippen LogP contribution in [-0.2, 0) is 9.53 Å². The summed E-state index contributed by atoms with van der Waals surface area (Å²) in [5, 5.41) is 9.41. The maximum atomic E-state index is 10.8. The third-order valence-electron chi connectivity index (χ3n) is 5.33. The highest BCUT2D eigenvalue weighted by atomic mass is 16.5. The Bertz CT molecular complexity index is 432. The molecule has 0 spiro atoms. The van der Waals surface area contributed by atoms with Crippen LogP contribution in [0.4, 0.5) is 0 Å². The van der Waals surface area contributed by atoms with Crippen LogP contribution in [0, 0.1) is 23.2 Å². The van der Waals surface area contributed by atoms with Gasteiger partial charge in [-0.15, -0.1) is 0 Å². The summed E-state index contributed by atoms with van der Waals surface area (Å²) in [6, 6.07) is 0. The predicted molar refractivity (Wildman–Crippen MR) is 102 cm³/mol. The average molecular weight is 339 g/mol. The van der Waals surface area contributed by atoms with E-state index >= 15 is 0 Å². The molecule has 0 fully saturated rings. The zero-order chi connectivity index (χ0) is 18.9. The van der Waals surface area contributed by atoms with Crippen molar-refractivity contribution in [3.8, 4) is 0 Å². The lowest BCUT2D eigenvalue weighted by Gasteiger charge is -2.27. The minimum atomic E-state index is -0.250. The van der Waals surface area contributed by atoms with Crippen molar-refractivity contribution in [2.24, 2.45) is 23.2 Å². The molecule has 0 bridgehead atoms. The molecule has 0 amide bonds. The van der Waals surface area contributed by atoms with Gasteiger partial charge in [0, 0.05) is 0 Å². The molecule has 1 aliphatic carbocycles. The topological polar surface area (TPSA) is 46.5 Å². The quantitative estimate of drug-likeness (QED) is 0.538. The van der Waals surface area contributed by atoms with Crippen LogP contribution in [0.2, 0.25) is 0 Å². The molecule has 0 saturated carbocycles. The third kappa shape index (κ3) is 7.21. The van der Waals surface area contributed by atoms with E-state index < -0.39 is 0 Å². The first-order valence-electron chi connectivity index (χ1n) is 9.28. The Kier molecular flexibility index (Phi) is 10.2. The van der Waals surface area contributed by atoms with E-state index in [4.69, 9.17) is 4.74 Å². The Balaban J connectivity index is 0.000000506. The number of hydrogen-bond acceptors (Lipinski definition) is 3. The molecule has 3 heteroatoms. The third-order valence-corrected chi connectivity index (χ3v) is 5.33. The summed E-state index contributed by atoms with van der Waals surface area (Å²) in [5.74, 6) is 0.824. The zero-order valence-electron chi connectivity index (χ0n) is 16.9. The molecule has 0 radical (unpaired) electrons. The molecule has 1 N–H and O–H groups in total. The summed E-state index contributed by atoms with van der Waals surface area (Å²) in [6.07, 6.45) is 8.52. The van der Waals surface area contributed by atoms with Crippen LogP contribution < -0.4 is 0 Å². The normalized spacial score (nSPS) is 23.0. The summed E-state index contributed by atoms with van der Waals surface area (Å²) in [5.41, 5.74) is 1.77. The molecule has 1 rings (SSSR count). The van der Waals surface area contributed by atoms with Gasteiger partial charge in [-0.3, -0.25) is 4.79 Å². The number of esters is 1. The van der Waals surface area contributed by atoms with Crippen molar-refractivity contribution >= 4 is 5.97 Å². The van der Waals surface area contributed by atoms with Crippen molar-refractivity contribution in [1.82, 2.24) is 0 Å². The number of hydrogen-bond donors (Lipinski definition) is 1. The first kappa shape index (κ1) is 22.9. The monoisotopic (exact) mass is 338 g/mol. The summed E-state index contributed by atoms with van der Waals surface area (Å²) < 4.78 is 4.76.